The maximum absolute atomic E-state index is 11.0. The fourth-order valence-electron chi connectivity index (χ4n) is 2.23. The predicted molar refractivity (Wildman–Crippen MR) is 71.2 cm³/mol. The first-order valence-corrected chi connectivity index (χ1v) is 6.16. The summed E-state index contributed by atoms with van der Waals surface area (Å²) in [6.45, 7) is 0.756. The minimum Gasteiger partial charge on any atom is -0.477 e. The normalized spacial score (nSPS) is 13.4. The molecule has 0 saturated heterocycles. The summed E-state index contributed by atoms with van der Waals surface area (Å²) in [6, 6.07) is 9.40. The lowest BCUT2D eigenvalue weighted by atomic mass is 10.2. The Balaban J connectivity index is 2.07. The maximum Gasteiger partial charge on any atom is 0.354 e. The molecule has 0 radical (unpaired) electrons. The molecule has 6 heteroatoms. The Bertz CT molecular complexity index is 660. The Morgan fingerprint density at radius 2 is 2.11 bits per heavy atom. The zero-order valence-corrected chi connectivity index (χ0v) is 10.6. The van der Waals surface area contributed by atoms with Crippen LogP contribution in [0.25, 0.3) is 0 Å². The summed E-state index contributed by atoms with van der Waals surface area (Å²) < 4.78 is 0. The first-order valence-electron chi connectivity index (χ1n) is 5.78. The number of aromatic nitrogens is 2. The predicted octanol–water partition coefficient (Wildman–Crippen LogP) is 2.52. The summed E-state index contributed by atoms with van der Waals surface area (Å²) >= 11 is 5.79. The van der Waals surface area contributed by atoms with E-state index in [0.29, 0.717) is 5.82 Å². The molecule has 5 nitrogen and oxygen atoms in total. The number of carboxylic acid groups (broad SMARTS) is 1. The van der Waals surface area contributed by atoms with Crippen molar-refractivity contribution in [3.8, 4) is 0 Å². The van der Waals surface area contributed by atoms with Crippen molar-refractivity contribution >= 4 is 29.1 Å². The highest BCUT2D eigenvalue weighted by Gasteiger charge is 2.22. The lowest BCUT2D eigenvalue weighted by Gasteiger charge is -2.18. The molecule has 0 spiro atoms. The zero-order valence-electron chi connectivity index (χ0n) is 9.88. The van der Waals surface area contributed by atoms with Gasteiger partial charge in [0.05, 0.1) is 0 Å². The van der Waals surface area contributed by atoms with Gasteiger partial charge in [-0.05, 0) is 29.7 Å². The number of anilines is 2. The van der Waals surface area contributed by atoms with Crippen LogP contribution in [0, 0.1) is 0 Å². The van der Waals surface area contributed by atoms with Crippen molar-refractivity contribution in [2.75, 3.05) is 11.4 Å². The van der Waals surface area contributed by atoms with Crippen molar-refractivity contribution in [2.24, 2.45) is 0 Å². The number of aromatic carboxylic acids is 1. The molecule has 0 saturated carbocycles. The molecule has 19 heavy (non-hydrogen) atoms. The molecule has 96 valence electrons. The lowest BCUT2D eigenvalue weighted by molar-refractivity contribution is 0.0690. The number of fused-ring (bicyclic) bond motifs is 1. The van der Waals surface area contributed by atoms with Crippen molar-refractivity contribution in [1.29, 1.82) is 0 Å². The second kappa shape index (κ2) is 4.51. The average molecular weight is 276 g/mol. The van der Waals surface area contributed by atoms with Gasteiger partial charge in [0.1, 0.15) is 5.82 Å². The molecule has 3 rings (SSSR count). The van der Waals surface area contributed by atoms with Crippen molar-refractivity contribution in [3.63, 3.8) is 0 Å². The number of halogens is 1. The quantitative estimate of drug-likeness (QED) is 0.853. The summed E-state index contributed by atoms with van der Waals surface area (Å²) in [5, 5.41) is 8.95. The van der Waals surface area contributed by atoms with Crippen LogP contribution in [0.2, 0.25) is 5.28 Å². The van der Waals surface area contributed by atoms with Crippen molar-refractivity contribution in [2.45, 2.75) is 6.42 Å². The molecule has 1 aliphatic rings. The molecule has 0 aliphatic carbocycles. The van der Waals surface area contributed by atoms with Gasteiger partial charge in [0, 0.05) is 18.3 Å². The number of carboxylic acids is 1. The van der Waals surface area contributed by atoms with Crippen LogP contribution in [0.15, 0.2) is 30.3 Å². The van der Waals surface area contributed by atoms with E-state index in [1.165, 1.54) is 11.6 Å². The summed E-state index contributed by atoms with van der Waals surface area (Å²) in [5.41, 5.74) is 2.15. The van der Waals surface area contributed by atoms with E-state index in [2.05, 4.69) is 16.0 Å². The first kappa shape index (κ1) is 11.9. The first-order chi connectivity index (χ1) is 9.15. The molecule has 0 unspecified atom stereocenters. The highest BCUT2D eigenvalue weighted by molar-refractivity contribution is 6.28. The summed E-state index contributed by atoms with van der Waals surface area (Å²) in [6.07, 6.45) is 0.903. The van der Waals surface area contributed by atoms with E-state index < -0.39 is 5.97 Å². The van der Waals surface area contributed by atoms with Gasteiger partial charge in [0.15, 0.2) is 5.69 Å². The zero-order chi connectivity index (χ0) is 13.4. The third-order valence-electron chi connectivity index (χ3n) is 3.07. The molecular weight excluding hydrogens is 266 g/mol. The minimum absolute atomic E-state index is 0.0562. The Kier molecular flexibility index (Phi) is 2.83. The SMILES string of the molecule is O=C(O)c1cc(N2CCc3ccccc32)nc(Cl)n1. The minimum atomic E-state index is -1.11. The molecule has 0 atom stereocenters. The van der Waals surface area contributed by atoms with Crippen LogP contribution < -0.4 is 4.90 Å². The summed E-state index contributed by atoms with van der Waals surface area (Å²) in [7, 11) is 0. The summed E-state index contributed by atoms with van der Waals surface area (Å²) in [5.74, 6) is -0.597. The molecule has 0 amide bonds. The smallest absolute Gasteiger partial charge is 0.354 e. The van der Waals surface area contributed by atoms with Crippen molar-refractivity contribution in [1.82, 2.24) is 9.97 Å². The van der Waals surface area contributed by atoms with Gasteiger partial charge in [-0.2, -0.15) is 0 Å². The number of para-hydroxylation sites is 1. The van der Waals surface area contributed by atoms with Gasteiger partial charge in [-0.25, -0.2) is 14.8 Å². The van der Waals surface area contributed by atoms with Gasteiger partial charge in [0.25, 0.3) is 0 Å². The molecule has 1 aromatic carbocycles. The second-order valence-corrected chi connectivity index (χ2v) is 4.55. The second-order valence-electron chi connectivity index (χ2n) is 4.22. The molecule has 1 N–H and O–H groups in total. The maximum atomic E-state index is 11.0. The van der Waals surface area contributed by atoms with E-state index in [0.717, 1.165) is 18.7 Å². The van der Waals surface area contributed by atoms with Gasteiger partial charge < -0.3 is 10.0 Å². The van der Waals surface area contributed by atoms with Gasteiger partial charge in [-0.15, -0.1) is 0 Å². The molecule has 0 fully saturated rings. The Morgan fingerprint density at radius 3 is 2.89 bits per heavy atom. The third-order valence-corrected chi connectivity index (χ3v) is 3.24. The monoisotopic (exact) mass is 275 g/mol. The van der Waals surface area contributed by atoms with E-state index in [-0.39, 0.29) is 11.0 Å². The number of nitrogens with zero attached hydrogens (tertiary/aromatic N) is 3. The molecule has 2 aromatic rings. The number of benzene rings is 1. The summed E-state index contributed by atoms with van der Waals surface area (Å²) in [4.78, 5) is 20.8. The van der Waals surface area contributed by atoms with Crippen LogP contribution >= 0.6 is 11.6 Å². The number of carbonyl (C=O) groups is 1. The van der Waals surface area contributed by atoms with Crippen LogP contribution in [0.3, 0.4) is 0 Å². The third kappa shape index (κ3) is 2.13. The average Bonchev–Trinajstić information content (AvgIpc) is 2.81. The molecule has 2 heterocycles. The van der Waals surface area contributed by atoms with E-state index >= 15 is 0 Å². The fraction of sp³-hybridized carbons (Fsp3) is 0.154. The van der Waals surface area contributed by atoms with Crippen LogP contribution in [-0.2, 0) is 6.42 Å². The van der Waals surface area contributed by atoms with Crippen molar-refractivity contribution in [3.05, 3.63) is 46.9 Å². The van der Waals surface area contributed by atoms with Gasteiger partial charge in [-0.1, -0.05) is 18.2 Å². The molecule has 0 bridgehead atoms. The van der Waals surface area contributed by atoms with E-state index in [1.807, 2.05) is 23.1 Å². The molecular formula is C13H10ClN3O2. The lowest BCUT2D eigenvalue weighted by Crippen LogP contribution is -2.16. The highest BCUT2D eigenvalue weighted by Crippen LogP contribution is 2.33. The largest absolute Gasteiger partial charge is 0.477 e. The van der Waals surface area contributed by atoms with Gasteiger partial charge in [0.2, 0.25) is 5.28 Å². The highest BCUT2D eigenvalue weighted by atomic mass is 35.5. The Hall–Kier alpha value is -2.14. The fourth-order valence-corrected chi connectivity index (χ4v) is 2.41. The van der Waals surface area contributed by atoms with Crippen LogP contribution in [0.5, 0.6) is 0 Å². The topological polar surface area (TPSA) is 66.3 Å². The van der Waals surface area contributed by atoms with Crippen LogP contribution in [0.1, 0.15) is 16.1 Å². The molecule has 1 aliphatic heterocycles. The van der Waals surface area contributed by atoms with Crippen LogP contribution in [0.4, 0.5) is 11.5 Å². The Labute approximate surface area is 114 Å². The number of hydrogen-bond donors (Lipinski definition) is 1. The van der Waals surface area contributed by atoms with Gasteiger partial charge in [-0.3, -0.25) is 0 Å². The Morgan fingerprint density at radius 1 is 1.32 bits per heavy atom. The van der Waals surface area contributed by atoms with E-state index in [1.54, 1.807) is 0 Å². The number of rotatable bonds is 2. The van der Waals surface area contributed by atoms with Crippen molar-refractivity contribution < 1.29 is 9.90 Å². The number of hydrogen-bond acceptors (Lipinski definition) is 4. The van der Waals surface area contributed by atoms with Crippen LogP contribution in [-0.4, -0.2) is 27.6 Å². The standard InChI is InChI=1S/C13H10ClN3O2/c14-13-15-9(12(18)19)7-11(16-13)17-6-5-8-3-1-2-4-10(8)17/h1-4,7H,5-6H2,(H,18,19). The molecule has 1 aromatic heterocycles. The van der Waals surface area contributed by atoms with E-state index in [4.69, 9.17) is 16.7 Å². The van der Waals surface area contributed by atoms with E-state index in [9.17, 15) is 4.79 Å². The van der Waals surface area contributed by atoms with Gasteiger partial charge >= 0.3 is 5.97 Å².